The molecule has 2 N–H and O–H groups in total. The zero-order valence-corrected chi connectivity index (χ0v) is 14.2. The van der Waals surface area contributed by atoms with Gasteiger partial charge in [-0.1, -0.05) is 6.07 Å². The molecule has 1 aromatic heterocycles. The molecule has 24 heavy (non-hydrogen) atoms. The van der Waals surface area contributed by atoms with E-state index in [1.54, 1.807) is 17.4 Å². The highest BCUT2D eigenvalue weighted by Gasteiger charge is 2.12. The maximum atomic E-state index is 12.2. The van der Waals surface area contributed by atoms with Gasteiger partial charge in [-0.2, -0.15) is 0 Å². The summed E-state index contributed by atoms with van der Waals surface area (Å²) in [6, 6.07) is 8.52. The molecule has 7 heteroatoms. The Morgan fingerprint density at radius 3 is 2.17 bits per heavy atom. The van der Waals surface area contributed by atoms with E-state index >= 15 is 0 Å². The number of ether oxygens (including phenoxy) is 1. The fraction of sp³-hybridized carbons (Fsp3) is 0.235. The van der Waals surface area contributed by atoms with E-state index in [-0.39, 0.29) is 24.0 Å². The van der Waals surface area contributed by atoms with Gasteiger partial charge in [-0.25, -0.2) is 4.79 Å². The molecule has 2 rings (SSSR count). The number of nitrogens with one attached hydrogen (secondary N) is 2. The van der Waals surface area contributed by atoms with Crippen LogP contribution in [-0.2, 0) is 20.7 Å². The lowest BCUT2D eigenvalue weighted by atomic mass is 10.1. The van der Waals surface area contributed by atoms with Crippen molar-refractivity contribution in [3.05, 3.63) is 46.2 Å². The van der Waals surface area contributed by atoms with Crippen molar-refractivity contribution in [2.75, 3.05) is 17.2 Å². The molecule has 0 fully saturated rings. The second-order valence-corrected chi connectivity index (χ2v) is 6.16. The average Bonchev–Trinajstić information content (AvgIpc) is 2.98. The lowest BCUT2D eigenvalue weighted by molar-refractivity contribution is -0.115. The van der Waals surface area contributed by atoms with E-state index in [9.17, 15) is 14.4 Å². The number of carbonyl (C=O) groups excluding carboxylic acids is 3. The number of thiophene rings is 1. The van der Waals surface area contributed by atoms with Crippen LogP contribution in [0.1, 0.15) is 29.1 Å². The SMILES string of the molecule is CC(=O)Nc1cc(NC(C)=O)cc(C(=O)OCCc2cccs2)c1. The normalized spacial score (nSPS) is 10.1. The van der Waals surface area contributed by atoms with Crippen LogP contribution in [0.25, 0.3) is 0 Å². The lowest BCUT2D eigenvalue weighted by Crippen LogP contribution is -2.12. The maximum Gasteiger partial charge on any atom is 0.338 e. The molecule has 1 aromatic carbocycles. The van der Waals surface area contributed by atoms with Crippen LogP contribution in [0.3, 0.4) is 0 Å². The van der Waals surface area contributed by atoms with E-state index in [2.05, 4.69) is 10.6 Å². The van der Waals surface area contributed by atoms with Gasteiger partial charge in [-0.05, 0) is 29.6 Å². The third-order valence-corrected chi connectivity index (χ3v) is 3.91. The number of carbonyl (C=O) groups is 3. The van der Waals surface area contributed by atoms with Crippen molar-refractivity contribution < 1.29 is 19.1 Å². The van der Waals surface area contributed by atoms with Gasteiger partial charge in [0.15, 0.2) is 0 Å². The molecule has 0 atom stereocenters. The zero-order chi connectivity index (χ0) is 17.5. The van der Waals surface area contributed by atoms with E-state index in [4.69, 9.17) is 4.74 Å². The van der Waals surface area contributed by atoms with Gasteiger partial charge in [0.2, 0.25) is 11.8 Å². The summed E-state index contributed by atoms with van der Waals surface area (Å²) in [7, 11) is 0. The fourth-order valence-electron chi connectivity index (χ4n) is 2.08. The summed E-state index contributed by atoms with van der Waals surface area (Å²) in [5.74, 6) is -1.05. The second-order valence-electron chi connectivity index (χ2n) is 5.13. The molecule has 1 heterocycles. The van der Waals surface area contributed by atoms with Crippen molar-refractivity contribution in [2.45, 2.75) is 20.3 Å². The van der Waals surface area contributed by atoms with Gasteiger partial charge in [0, 0.05) is 36.5 Å². The Hall–Kier alpha value is -2.67. The van der Waals surface area contributed by atoms with Crippen LogP contribution in [0.15, 0.2) is 35.7 Å². The van der Waals surface area contributed by atoms with Gasteiger partial charge >= 0.3 is 5.97 Å². The van der Waals surface area contributed by atoms with Crippen molar-refractivity contribution >= 4 is 40.5 Å². The minimum absolute atomic E-state index is 0.260. The van der Waals surface area contributed by atoms with Crippen molar-refractivity contribution in [1.29, 1.82) is 0 Å². The minimum atomic E-state index is -0.509. The standard InChI is InChI=1S/C17H18N2O4S/c1-11(20)18-14-8-13(9-15(10-14)19-12(2)21)17(22)23-6-5-16-4-3-7-24-16/h3-4,7-10H,5-6H2,1-2H3,(H,18,20)(H,19,21). The van der Waals surface area contributed by atoms with Crippen LogP contribution >= 0.6 is 11.3 Å². The topological polar surface area (TPSA) is 84.5 Å². The number of esters is 1. The molecule has 0 aliphatic rings. The molecule has 0 saturated carbocycles. The molecular formula is C17H18N2O4S. The van der Waals surface area contributed by atoms with E-state index < -0.39 is 5.97 Å². The van der Waals surface area contributed by atoms with E-state index in [0.29, 0.717) is 17.8 Å². The maximum absolute atomic E-state index is 12.2. The van der Waals surface area contributed by atoms with E-state index in [0.717, 1.165) is 4.88 Å². The van der Waals surface area contributed by atoms with Crippen LogP contribution in [-0.4, -0.2) is 24.4 Å². The molecule has 0 unspecified atom stereocenters. The average molecular weight is 346 g/mol. The van der Waals surface area contributed by atoms with Gasteiger partial charge in [0.1, 0.15) is 0 Å². The Balaban J connectivity index is 2.09. The summed E-state index contributed by atoms with van der Waals surface area (Å²) in [4.78, 5) is 35.8. The van der Waals surface area contributed by atoms with Crippen LogP contribution in [0, 0.1) is 0 Å². The van der Waals surface area contributed by atoms with Crippen molar-refractivity contribution in [3.8, 4) is 0 Å². The fourth-order valence-corrected chi connectivity index (χ4v) is 2.77. The predicted octanol–water partition coefficient (Wildman–Crippen LogP) is 3.06. The van der Waals surface area contributed by atoms with Crippen LogP contribution in [0.4, 0.5) is 11.4 Å². The molecule has 0 spiro atoms. The summed E-state index contributed by atoms with van der Waals surface area (Å²) >= 11 is 1.60. The number of hydrogen-bond donors (Lipinski definition) is 2. The van der Waals surface area contributed by atoms with Crippen LogP contribution in [0.2, 0.25) is 0 Å². The highest BCUT2D eigenvalue weighted by Crippen LogP contribution is 2.20. The molecule has 0 saturated heterocycles. The highest BCUT2D eigenvalue weighted by atomic mass is 32.1. The molecule has 0 aliphatic carbocycles. The molecule has 0 radical (unpaired) electrons. The Labute approximate surface area is 143 Å². The third kappa shape index (κ3) is 5.51. The quantitative estimate of drug-likeness (QED) is 0.787. The first-order valence-electron chi connectivity index (χ1n) is 7.34. The Morgan fingerprint density at radius 2 is 1.67 bits per heavy atom. The molecule has 6 nitrogen and oxygen atoms in total. The summed E-state index contributed by atoms with van der Waals surface area (Å²) in [6.45, 7) is 2.99. The number of rotatable bonds is 6. The van der Waals surface area contributed by atoms with Gasteiger partial charge in [0.05, 0.1) is 12.2 Å². The number of amides is 2. The molecule has 126 valence electrons. The second kappa shape index (κ2) is 8.26. The summed E-state index contributed by atoms with van der Waals surface area (Å²) < 4.78 is 5.26. The first-order chi connectivity index (χ1) is 11.4. The van der Waals surface area contributed by atoms with E-state index in [1.165, 1.54) is 26.0 Å². The van der Waals surface area contributed by atoms with Gasteiger partial charge in [0.25, 0.3) is 0 Å². The number of anilines is 2. The summed E-state index contributed by atoms with van der Waals surface area (Å²) in [5, 5.41) is 7.16. The Bertz CT molecular complexity index is 707. The Kier molecular flexibility index (Phi) is 6.08. The molecule has 2 aromatic rings. The summed E-state index contributed by atoms with van der Waals surface area (Å²) in [5.41, 5.74) is 1.09. The van der Waals surface area contributed by atoms with Gasteiger partial charge in [-0.15, -0.1) is 11.3 Å². The van der Waals surface area contributed by atoms with Crippen LogP contribution < -0.4 is 10.6 Å². The van der Waals surface area contributed by atoms with Crippen molar-refractivity contribution in [1.82, 2.24) is 0 Å². The largest absolute Gasteiger partial charge is 0.462 e. The highest BCUT2D eigenvalue weighted by molar-refractivity contribution is 7.09. The molecule has 0 bridgehead atoms. The smallest absolute Gasteiger partial charge is 0.338 e. The molecule has 0 aliphatic heterocycles. The first kappa shape index (κ1) is 17.7. The monoisotopic (exact) mass is 346 g/mol. The number of benzene rings is 1. The van der Waals surface area contributed by atoms with Gasteiger partial charge < -0.3 is 15.4 Å². The lowest BCUT2D eigenvalue weighted by Gasteiger charge is -2.10. The van der Waals surface area contributed by atoms with Crippen LogP contribution in [0.5, 0.6) is 0 Å². The molecule has 2 amide bonds. The minimum Gasteiger partial charge on any atom is -0.462 e. The van der Waals surface area contributed by atoms with E-state index in [1.807, 2.05) is 17.5 Å². The van der Waals surface area contributed by atoms with Crippen molar-refractivity contribution in [2.24, 2.45) is 0 Å². The van der Waals surface area contributed by atoms with Gasteiger partial charge in [-0.3, -0.25) is 9.59 Å². The number of hydrogen-bond acceptors (Lipinski definition) is 5. The molecular weight excluding hydrogens is 328 g/mol. The van der Waals surface area contributed by atoms with Crippen molar-refractivity contribution in [3.63, 3.8) is 0 Å². The first-order valence-corrected chi connectivity index (χ1v) is 8.22. The third-order valence-electron chi connectivity index (χ3n) is 2.97. The predicted molar refractivity (Wildman–Crippen MR) is 93.4 cm³/mol. The zero-order valence-electron chi connectivity index (χ0n) is 13.4. The Morgan fingerprint density at radius 1 is 1.04 bits per heavy atom. The summed E-state index contributed by atoms with van der Waals surface area (Å²) in [6.07, 6.45) is 0.646.